The first-order valence-corrected chi connectivity index (χ1v) is 7.34. The van der Waals surface area contributed by atoms with E-state index in [1.54, 1.807) is 0 Å². The Bertz CT molecular complexity index is 166. The largest absolute Gasteiger partial charge is 0.313 e. The summed E-state index contributed by atoms with van der Waals surface area (Å²) in [7, 11) is 0. The Morgan fingerprint density at radius 1 is 0.882 bits per heavy atom. The van der Waals surface area contributed by atoms with Gasteiger partial charge in [0, 0.05) is 31.7 Å². The molecule has 0 radical (unpaired) electrons. The van der Waals surface area contributed by atoms with Crippen LogP contribution in [0.1, 0.15) is 54.9 Å². The molecule has 0 saturated heterocycles. The first-order chi connectivity index (χ1) is 7.86. The molecular formula is C15H34N2. The zero-order chi connectivity index (χ0) is 13.4. The van der Waals surface area contributed by atoms with Crippen LogP contribution in [0.4, 0.5) is 0 Å². The van der Waals surface area contributed by atoms with Gasteiger partial charge in [0.1, 0.15) is 0 Å². The summed E-state index contributed by atoms with van der Waals surface area (Å²) >= 11 is 0. The van der Waals surface area contributed by atoms with Crippen molar-refractivity contribution in [3.8, 4) is 0 Å². The lowest BCUT2D eigenvalue weighted by atomic mass is 10.1. The summed E-state index contributed by atoms with van der Waals surface area (Å²) in [5.41, 5.74) is 0. The molecule has 0 aliphatic heterocycles. The normalized spacial score (nSPS) is 14.3. The van der Waals surface area contributed by atoms with E-state index in [1.165, 1.54) is 19.5 Å². The van der Waals surface area contributed by atoms with Gasteiger partial charge in [-0.15, -0.1) is 0 Å². The molecule has 0 rings (SSSR count). The molecule has 17 heavy (non-hydrogen) atoms. The van der Waals surface area contributed by atoms with E-state index in [0.29, 0.717) is 12.1 Å². The second-order valence-electron chi connectivity index (χ2n) is 6.37. The zero-order valence-corrected chi connectivity index (χ0v) is 13.1. The average molecular weight is 242 g/mol. The number of nitrogens with one attached hydrogen (secondary N) is 1. The van der Waals surface area contributed by atoms with Gasteiger partial charge in [0.05, 0.1) is 0 Å². The first kappa shape index (κ1) is 16.9. The second kappa shape index (κ2) is 8.93. The van der Waals surface area contributed by atoms with Crippen molar-refractivity contribution in [3.05, 3.63) is 0 Å². The fraction of sp³-hybridized carbons (Fsp3) is 1.00. The van der Waals surface area contributed by atoms with Gasteiger partial charge >= 0.3 is 0 Å². The third kappa shape index (κ3) is 8.62. The fourth-order valence-electron chi connectivity index (χ4n) is 2.21. The quantitative estimate of drug-likeness (QED) is 0.667. The lowest BCUT2D eigenvalue weighted by Crippen LogP contribution is -2.46. The van der Waals surface area contributed by atoms with Gasteiger partial charge in [-0.2, -0.15) is 0 Å². The Balaban J connectivity index is 4.37. The molecule has 0 amide bonds. The third-order valence-electron chi connectivity index (χ3n) is 2.95. The maximum absolute atomic E-state index is 3.58. The van der Waals surface area contributed by atoms with Crippen LogP contribution in [0.15, 0.2) is 0 Å². The Morgan fingerprint density at radius 3 is 1.65 bits per heavy atom. The molecule has 0 aliphatic rings. The highest BCUT2D eigenvalue weighted by molar-refractivity contribution is 4.75. The van der Waals surface area contributed by atoms with Gasteiger partial charge in [0.25, 0.3) is 0 Å². The lowest BCUT2D eigenvalue weighted by Gasteiger charge is -2.34. The number of rotatable bonds is 9. The van der Waals surface area contributed by atoms with Crippen molar-refractivity contribution in [3.63, 3.8) is 0 Å². The first-order valence-electron chi connectivity index (χ1n) is 7.34. The van der Waals surface area contributed by atoms with E-state index >= 15 is 0 Å². The highest BCUT2D eigenvalue weighted by Crippen LogP contribution is 2.11. The SMILES string of the molecule is CCC(CNC(C)C)N(CC(C)C)CC(C)C. The molecule has 1 unspecified atom stereocenters. The second-order valence-corrected chi connectivity index (χ2v) is 6.37. The minimum absolute atomic E-state index is 0.587. The molecule has 104 valence electrons. The Kier molecular flexibility index (Phi) is 8.89. The van der Waals surface area contributed by atoms with Crippen molar-refractivity contribution in [1.29, 1.82) is 0 Å². The molecule has 0 bridgehead atoms. The van der Waals surface area contributed by atoms with Crippen molar-refractivity contribution in [2.45, 2.75) is 67.0 Å². The molecule has 0 aromatic carbocycles. The summed E-state index contributed by atoms with van der Waals surface area (Å²) in [5, 5.41) is 3.58. The van der Waals surface area contributed by atoms with Crippen LogP contribution < -0.4 is 5.32 Å². The number of nitrogens with zero attached hydrogens (tertiary/aromatic N) is 1. The van der Waals surface area contributed by atoms with Crippen LogP contribution in [-0.2, 0) is 0 Å². The van der Waals surface area contributed by atoms with E-state index in [4.69, 9.17) is 0 Å². The summed E-state index contributed by atoms with van der Waals surface area (Å²) in [5.74, 6) is 1.50. The van der Waals surface area contributed by atoms with Crippen molar-refractivity contribution >= 4 is 0 Å². The molecule has 0 aliphatic carbocycles. The fourth-order valence-corrected chi connectivity index (χ4v) is 2.21. The molecule has 2 heteroatoms. The molecule has 0 aromatic heterocycles. The van der Waals surface area contributed by atoms with Gasteiger partial charge in [0.15, 0.2) is 0 Å². The third-order valence-corrected chi connectivity index (χ3v) is 2.95. The van der Waals surface area contributed by atoms with Crippen LogP contribution in [0.2, 0.25) is 0 Å². The molecule has 0 saturated carbocycles. The molecule has 1 atom stereocenters. The smallest absolute Gasteiger partial charge is 0.0218 e. The molecular weight excluding hydrogens is 208 g/mol. The molecule has 0 heterocycles. The molecule has 2 nitrogen and oxygen atoms in total. The maximum atomic E-state index is 3.58. The van der Waals surface area contributed by atoms with Gasteiger partial charge in [-0.3, -0.25) is 4.90 Å². The topological polar surface area (TPSA) is 15.3 Å². The Morgan fingerprint density at radius 2 is 1.35 bits per heavy atom. The Hall–Kier alpha value is -0.0800. The standard InChI is InChI=1S/C15H34N2/c1-8-15(9-16-14(6)7)17(10-12(2)3)11-13(4)5/h12-16H,8-11H2,1-7H3. The summed E-state index contributed by atoms with van der Waals surface area (Å²) in [4.78, 5) is 2.67. The van der Waals surface area contributed by atoms with E-state index in [9.17, 15) is 0 Å². The van der Waals surface area contributed by atoms with Crippen LogP contribution in [-0.4, -0.2) is 36.6 Å². The van der Waals surface area contributed by atoms with Crippen molar-refractivity contribution < 1.29 is 0 Å². The van der Waals surface area contributed by atoms with Crippen LogP contribution in [0, 0.1) is 11.8 Å². The monoisotopic (exact) mass is 242 g/mol. The van der Waals surface area contributed by atoms with E-state index in [0.717, 1.165) is 18.4 Å². The van der Waals surface area contributed by atoms with Crippen LogP contribution in [0.5, 0.6) is 0 Å². The minimum Gasteiger partial charge on any atom is -0.313 e. The van der Waals surface area contributed by atoms with Gasteiger partial charge in [-0.25, -0.2) is 0 Å². The molecule has 0 spiro atoms. The maximum Gasteiger partial charge on any atom is 0.0218 e. The van der Waals surface area contributed by atoms with E-state index in [-0.39, 0.29) is 0 Å². The van der Waals surface area contributed by atoms with Crippen molar-refractivity contribution in [1.82, 2.24) is 10.2 Å². The van der Waals surface area contributed by atoms with Crippen molar-refractivity contribution in [2.24, 2.45) is 11.8 Å². The lowest BCUT2D eigenvalue weighted by molar-refractivity contribution is 0.147. The Labute approximate surface area is 109 Å². The highest BCUT2D eigenvalue weighted by atomic mass is 15.2. The molecule has 1 N–H and O–H groups in total. The van der Waals surface area contributed by atoms with Crippen LogP contribution in [0.3, 0.4) is 0 Å². The van der Waals surface area contributed by atoms with Crippen LogP contribution >= 0.6 is 0 Å². The van der Waals surface area contributed by atoms with Crippen LogP contribution in [0.25, 0.3) is 0 Å². The number of hydrogen-bond acceptors (Lipinski definition) is 2. The summed E-state index contributed by atoms with van der Waals surface area (Å²) in [6.45, 7) is 19.6. The zero-order valence-electron chi connectivity index (χ0n) is 13.1. The summed E-state index contributed by atoms with van der Waals surface area (Å²) in [6, 6.07) is 1.27. The average Bonchev–Trinajstić information content (AvgIpc) is 2.15. The van der Waals surface area contributed by atoms with E-state index in [1.807, 2.05) is 0 Å². The highest BCUT2D eigenvalue weighted by Gasteiger charge is 2.18. The van der Waals surface area contributed by atoms with Gasteiger partial charge in [0.2, 0.25) is 0 Å². The van der Waals surface area contributed by atoms with Gasteiger partial charge in [-0.1, -0.05) is 48.5 Å². The van der Waals surface area contributed by atoms with E-state index < -0.39 is 0 Å². The van der Waals surface area contributed by atoms with Gasteiger partial charge < -0.3 is 5.32 Å². The number of hydrogen-bond donors (Lipinski definition) is 1. The predicted octanol–water partition coefficient (Wildman–Crippen LogP) is 3.38. The minimum atomic E-state index is 0.587. The van der Waals surface area contributed by atoms with Crippen molar-refractivity contribution in [2.75, 3.05) is 19.6 Å². The molecule has 0 fully saturated rings. The molecule has 0 aromatic rings. The van der Waals surface area contributed by atoms with E-state index in [2.05, 4.69) is 58.7 Å². The summed E-state index contributed by atoms with van der Waals surface area (Å²) in [6.07, 6.45) is 1.24. The summed E-state index contributed by atoms with van der Waals surface area (Å²) < 4.78 is 0. The van der Waals surface area contributed by atoms with Gasteiger partial charge in [-0.05, 0) is 18.3 Å². The predicted molar refractivity (Wildman–Crippen MR) is 78.5 cm³/mol.